The first-order chi connectivity index (χ1) is 21.2. The summed E-state index contributed by atoms with van der Waals surface area (Å²) < 4.78 is 16.7. The number of aromatic nitrogens is 1. The van der Waals surface area contributed by atoms with Crippen molar-refractivity contribution in [2.45, 2.75) is 90.1 Å². The van der Waals surface area contributed by atoms with E-state index in [4.69, 9.17) is 18.9 Å². The van der Waals surface area contributed by atoms with Gasteiger partial charge in [0.1, 0.15) is 23.8 Å². The molecule has 8 heteroatoms. The number of nitrogens with one attached hydrogen (secondary N) is 1. The average molecular weight is 602 g/mol. The first-order valence-corrected chi connectivity index (χ1v) is 16.2. The van der Waals surface area contributed by atoms with Crippen LogP contribution in [-0.4, -0.2) is 43.8 Å². The summed E-state index contributed by atoms with van der Waals surface area (Å²) in [4.78, 5) is 32.7. The standard InChI is InChI=1S/C36H47N3O5/c1-23(2)34-38-32(22-43-34)29-7-6-8-30(20-29)39(35(40)27-13-16-31(17-14-27)44-36(41)37-4)21-25-9-11-26(12-10-25)28-15-18-33(42-5)24(3)19-28/h6-8,15,18-20,22-23,25-27,31H,9-14,16-17,21H2,1-5H3,(H,37,41)/t25-,26-,27-,31-. The highest BCUT2D eigenvalue weighted by Gasteiger charge is 2.34. The van der Waals surface area contributed by atoms with Gasteiger partial charge in [0.05, 0.1) is 7.11 Å². The van der Waals surface area contributed by atoms with E-state index < -0.39 is 6.09 Å². The Labute approximate surface area is 261 Å². The zero-order valence-corrected chi connectivity index (χ0v) is 26.8. The second-order valence-corrected chi connectivity index (χ2v) is 12.8. The van der Waals surface area contributed by atoms with E-state index in [0.717, 1.165) is 48.4 Å². The van der Waals surface area contributed by atoms with Crippen LogP contribution in [0, 0.1) is 18.8 Å². The zero-order chi connectivity index (χ0) is 31.2. The number of rotatable bonds is 9. The van der Waals surface area contributed by atoms with Gasteiger partial charge >= 0.3 is 6.09 Å². The summed E-state index contributed by atoms with van der Waals surface area (Å²) >= 11 is 0. The first kappa shape index (κ1) is 31.6. The molecule has 0 spiro atoms. The van der Waals surface area contributed by atoms with Crippen molar-refractivity contribution in [3.63, 3.8) is 0 Å². The number of methoxy groups -OCH3 is 1. The molecule has 1 aromatic heterocycles. The van der Waals surface area contributed by atoms with Gasteiger partial charge in [-0.3, -0.25) is 4.79 Å². The van der Waals surface area contributed by atoms with E-state index in [2.05, 4.69) is 50.4 Å². The number of nitrogens with zero attached hydrogens (tertiary/aromatic N) is 2. The van der Waals surface area contributed by atoms with Crippen LogP contribution in [-0.2, 0) is 9.53 Å². The second-order valence-electron chi connectivity index (χ2n) is 12.8. The molecule has 2 aliphatic carbocycles. The number of carbonyl (C=O) groups excluding carboxylic acids is 2. The number of hydrogen-bond donors (Lipinski definition) is 1. The number of ether oxygens (including phenoxy) is 2. The lowest BCUT2D eigenvalue weighted by atomic mass is 9.78. The van der Waals surface area contributed by atoms with Gasteiger partial charge in [-0.25, -0.2) is 9.78 Å². The van der Waals surface area contributed by atoms with Crippen LogP contribution in [0.3, 0.4) is 0 Å². The van der Waals surface area contributed by atoms with Crippen molar-refractivity contribution in [3.05, 3.63) is 65.7 Å². The quantitative estimate of drug-likeness (QED) is 0.267. The predicted molar refractivity (Wildman–Crippen MR) is 172 cm³/mol. The first-order valence-electron chi connectivity index (χ1n) is 16.2. The van der Waals surface area contributed by atoms with Crippen molar-refractivity contribution in [3.8, 4) is 17.0 Å². The molecule has 2 aliphatic rings. The minimum Gasteiger partial charge on any atom is -0.496 e. The topological polar surface area (TPSA) is 93.9 Å². The Kier molecular flexibility index (Phi) is 10.3. The number of carbonyl (C=O) groups is 2. The minimum absolute atomic E-state index is 0.0959. The highest BCUT2D eigenvalue weighted by molar-refractivity contribution is 5.95. The zero-order valence-electron chi connectivity index (χ0n) is 26.8. The van der Waals surface area contributed by atoms with Crippen molar-refractivity contribution >= 4 is 17.7 Å². The van der Waals surface area contributed by atoms with Crippen LogP contribution in [0.4, 0.5) is 10.5 Å². The van der Waals surface area contributed by atoms with Gasteiger partial charge in [-0.05, 0) is 99.5 Å². The summed E-state index contributed by atoms with van der Waals surface area (Å²) in [6.45, 7) is 6.92. The SMILES string of the molecule is CNC(=O)O[C@H]1CC[C@H](C(=O)N(C[C@H]2CC[C@H](c3ccc(OC)c(C)c3)CC2)c2cccc(-c3coc(C(C)C)n3)c2)CC1. The van der Waals surface area contributed by atoms with Crippen LogP contribution in [0.1, 0.15) is 94.1 Å². The molecular formula is C36H47N3O5. The Morgan fingerprint density at radius 3 is 2.41 bits per heavy atom. The Bertz CT molecular complexity index is 1420. The Morgan fingerprint density at radius 1 is 1.02 bits per heavy atom. The second kappa shape index (κ2) is 14.3. The van der Waals surface area contributed by atoms with Gasteiger partial charge < -0.3 is 24.1 Å². The third kappa shape index (κ3) is 7.45. The van der Waals surface area contributed by atoms with E-state index in [1.165, 1.54) is 11.1 Å². The smallest absolute Gasteiger partial charge is 0.407 e. The van der Waals surface area contributed by atoms with E-state index in [9.17, 15) is 9.59 Å². The minimum atomic E-state index is -0.410. The highest BCUT2D eigenvalue weighted by atomic mass is 16.6. The number of anilines is 1. The molecule has 0 unspecified atom stereocenters. The van der Waals surface area contributed by atoms with Crippen LogP contribution in [0.5, 0.6) is 5.75 Å². The van der Waals surface area contributed by atoms with Crippen LogP contribution < -0.4 is 15.0 Å². The number of alkyl carbamates (subject to hydrolysis) is 1. The average Bonchev–Trinajstić information content (AvgIpc) is 3.55. The normalized spacial score (nSPS) is 22.0. The molecule has 236 valence electrons. The third-order valence-corrected chi connectivity index (χ3v) is 9.41. The molecular weight excluding hydrogens is 554 g/mol. The van der Waals surface area contributed by atoms with Crippen LogP contribution in [0.2, 0.25) is 0 Å². The van der Waals surface area contributed by atoms with Crippen LogP contribution >= 0.6 is 0 Å². The van der Waals surface area contributed by atoms with E-state index >= 15 is 0 Å². The maximum atomic E-state index is 14.2. The summed E-state index contributed by atoms with van der Waals surface area (Å²) in [7, 11) is 3.28. The molecule has 1 heterocycles. The molecule has 0 bridgehead atoms. The van der Waals surface area contributed by atoms with Crippen molar-refractivity contribution in [2.24, 2.45) is 11.8 Å². The van der Waals surface area contributed by atoms with Gasteiger partial charge in [0.15, 0.2) is 5.89 Å². The maximum Gasteiger partial charge on any atom is 0.407 e. The summed E-state index contributed by atoms with van der Waals surface area (Å²) in [5.74, 6) is 2.85. The van der Waals surface area contributed by atoms with Gasteiger partial charge in [0.2, 0.25) is 5.91 Å². The summed E-state index contributed by atoms with van der Waals surface area (Å²) in [5.41, 5.74) is 5.18. The molecule has 44 heavy (non-hydrogen) atoms. The van der Waals surface area contributed by atoms with E-state index in [0.29, 0.717) is 50.0 Å². The number of aryl methyl sites for hydroxylation is 1. The van der Waals surface area contributed by atoms with Crippen LogP contribution in [0.15, 0.2) is 53.1 Å². The van der Waals surface area contributed by atoms with Crippen molar-refractivity contribution in [1.82, 2.24) is 10.3 Å². The van der Waals surface area contributed by atoms with E-state index in [-0.39, 0.29) is 23.8 Å². The van der Waals surface area contributed by atoms with Gasteiger partial charge in [-0.1, -0.05) is 38.1 Å². The van der Waals surface area contributed by atoms with Gasteiger partial charge in [-0.15, -0.1) is 0 Å². The fourth-order valence-corrected chi connectivity index (χ4v) is 6.79. The fraction of sp³-hybridized carbons (Fsp3) is 0.528. The number of amides is 2. The predicted octanol–water partition coefficient (Wildman–Crippen LogP) is 8.00. The lowest BCUT2D eigenvalue weighted by Crippen LogP contribution is -2.42. The molecule has 0 aliphatic heterocycles. The lowest BCUT2D eigenvalue weighted by Gasteiger charge is -2.36. The van der Waals surface area contributed by atoms with Crippen LogP contribution in [0.25, 0.3) is 11.3 Å². The van der Waals surface area contributed by atoms with Crippen molar-refractivity contribution in [2.75, 3.05) is 25.6 Å². The molecule has 0 radical (unpaired) electrons. The highest BCUT2D eigenvalue weighted by Crippen LogP contribution is 2.39. The Hall–Kier alpha value is -3.81. The Balaban J connectivity index is 1.32. The summed E-state index contributed by atoms with van der Waals surface area (Å²) in [6.07, 6.45) is 8.33. The molecule has 3 aromatic rings. The monoisotopic (exact) mass is 601 g/mol. The largest absolute Gasteiger partial charge is 0.496 e. The molecule has 2 fully saturated rings. The number of hydrogen-bond acceptors (Lipinski definition) is 6. The van der Waals surface area contributed by atoms with E-state index in [1.807, 2.05) is 23.1 Å². The molecule has 5 rings (SSSR count). The summed E-state index contributed by atoms with van der Waals surface area (Å²) in [6, 6.07) is 14.7. The molecule has 2 saturated carbocycles. The summed E-state index contributed by atoms with van der Waals surface area (Å²) in [5, 5.41) is 2.53. The molecule has 0 saturated heterocycles. The van der Waals surface area contributed by atoms with Gasteiger partial charge in [0, 0.05) is 36.7 Å². The number of benzene rings is 2. The molecule has 8 nitrogen and oxygen atoms in total. The molecule has 1 N–H and O–H groups in total. The number of oxazole rings is 1. The molecule has 2 amide bonds. The third-order valence-electron chi connectivity index (χ3n) is 9.41. The maximum absolute atomic E-state index is 14.2. The molecule has 0 atom stereocenters. The molecule has 2 aromatic carbocycles. The van der Waals surface area contributed by atoms with Crippen molar-refractivity contribution in [1.29, 1.82) is 0 Å². The van der Waals surface area contributed by atoms with Gasteiger partial charge in [0.25, 0.3) is 0 Å². The lowest BCUT2D eigenvalue weighted by molar-refractivity contribution is -0.124. The van der Waals surface area contributed by atoms with Gasteiger partial charge in [-0.2, -0.15) is 0 Å². The van der Waals surface area contributed by atoms with E-state index in [1.54, 1.807) is 20.4 Å². The fourth-order valence-electron chi connectivity index (χ4n) is 6.79. The van der Waals surface area contributed by atoms with Crippen molar-refractivity contribution < 1.29 is 23.5 Å². The Morgan fingerprint density at radius 2 is 1.77 bits per heavy atom.